The van der Waals surface area contributed by atoms with Crippen LogP contribution < -0.4 is 5.73 Å². The molecule has 0 radical (unpaired) electrons. The molecule has 0 bridgehead atoms. The maximum Gasteiger partial charge on any atom is 0.350 e. The highest BCUT2D eigenvalue weighted by atomic mass is 32.2. The van der Waals surface area contributed by atoms with Crippen molar-refractivity contribution in [3.8, 4) is 0 Å². The van der Waals surface area contributed by atoms with Crippen LogP contribution in [0.1, 0.15) is 39.0 Å². The summed E-state index contributed by atoms with van der Waals surface area (Å²) in [5.74, 6) is -3.37. The van der Waals surface area contributed by atoms with Crippen LogP contribution in [0, 0.1) is 0 Å². The molecule has 102 valence electrons. The second kappa shape index (κ2) is 5.58. The molecule has 0 aromatic carbocycles. The van der Waals surface area contributed by atoms with E-state index in [1.54, 1.807) is 6.92 Å². The van der Waals surface area contributed by atoms with Crippen molar-refractivity contribution in [2.45, 2.75) is 50.3 Å². The van der Waals surface area contributed by atoms with E-state index in [2.05, 4.69) is 0 Å². The molecule has 1 aliphatic carbocycles. The Morgan fingerprint density at radius 3 is 2.18 bits per heavy atom. The van der Waals surface area contributed by atoms with Crippen LogP contribution in [0.2, 0.25) is 0 Å². The Morgan fingerprint density at radius 1 is 1.29 bits per heavy atom. The van der Waals surface area contributed by atoms with Crippen molar-refractivity contribution in [2.24, 2.45) is 5.73 Å². The zero-order valence-electron chi connectivity index (χ0n) is 10.0. The summed E-state index contributed by atoms with van der Waals surface area (Å²) in [4.78, 5) is 0. The van der Waals surface area contributed by atoms with E-state index in [1.807, 2.05) is 0 Å². The lowest BCUT2D eigenvalue weighted by Crippen LogP contribution is -2.58. The van der Waals surface area contributed by atoms with Crippen LogP contribution in [0.25, 0.3) is 0 Å². The van der Waals surface area contributed by atoms with Crippen molar-refractivity contribution in [3.63, 3.8) is 0 Å². The average molecular weight is 270 g/mol. The Balaban J connectivity index is 3.06. The van der Waals surface area contributed by atoms with Gasteiger partial charge in [-0.1, -0.05) is 26.2 Å². The van der Waals surface area contributed by atoms with Gasteiger partial charge < -0.3 is 5.73 Å². The highest BCUT2D eigenvalue weighted by Crippen LogP contribution is 2.35. The standard InChI is InChI=1S/C10H20F2N2O2S/c1-2-14(17(15,16)9(11)12)10(8-13)6-4-3-5-7-10/h9H,2-8,13H2,1H3. The smallest absolute Gasteiger partial charge is 0.329 e. The van der Waals surface area contributed by atoms with Crippen LogP contribution in [0.3, 0.4) is 0 Å². The molecule has 1 rings (SSSR count). The van der Waals surface area contributed by atoms with Gasteiger partial charge in [-0.3, -0.25) is 0 Å². The minimum Gasteiger partial charge on any atom is -0.329 e. The molecule has 0 aromatic heterocycles. The molecule has 1 fully saturated rings. The van der Waals surface area contributed by atoms with Crippen molar-refractivity contribution >= 4 is 10.0 Å². The Morgan fingerprint density at radius 2 is 1.82 bits per heavy atom. The number of likely N-dealkylation sites (N-methyl/N-ethyl adjacent to an activating group) is 1. The zero-order chi connectivity index (χ0) is 13.1. The normalized spacial score (nSPS) is 21.1. The summed E-state index contributed by atoms with van der Waals surface area (Å²) < 4.78 is 49.5. The third kappa shape index (κ3) is 2.77. The van der Waals surface area contributed by atoms with Gasteiger partial charge in [-0.2, -0.15) is 13.1 Å². The summed E-state index contributed by atoms with van der Waals surface area (Å²) in [6, 6.07) is 0. The summed E-state index contributed by atoms with van der Waals surface area (Å²) in [6.07, 6.45) is 3.83. The van der Waals surface area contributed by atoms with E-state index in [0.717, 1.165) is 23.6 Å². The van der Waals surface area contributed by atoms with Gasteiger partial charge in [-0.25, -0.2) is 8.42 Å². The first-order valence-electron chi connectivity index (χ1n) is 5.90. The first-order chi connectivity index (χ1) is 7.90. The number of rotatable bonds is 5. The number of alkyl halides is 2. The van der Waals surface area contributed by atoms with Gasteiger partial charge in [-0.05, 0) is 12.8 Å². The maximum atomic E-state index is 12.6. The summed E-state index contributed by atoms with van der Waals surface area (Å²) in [5.41, 5.74) is 4.86. The van der Waals surface area contributed by atoms with E-state index in [9.17, 15) is 17.2 Å². The first-order valence-corrected chi connectivity index (χ1v) is 7.41. The molecule has 2 N–H and O–H groups in total. The van der Waals surface area contributed by atoms with Gasteiger partial charge in [0.1, 0.15) is 0 Å². The van der Waals surface area contributed by atoms with Crippen molar-refractivity contribution in [3.05, 3.63) is 0 Å². The molecule has 0 aromatic rings. The lowest BCUT2D eigenvalue weighted by molar-refractivity contribution is 0.125. The largest absolute Gasteiger partial charge is 0.350 e. The van der Waals surface area contributed by atoms with Crippen molar-refractivity contribution < 1.29 is 17.2 Å². The van der Waals surface area contributed by atoms with Gasteiger partial charge in [0.2, 0.25) is 0 Å². The van der Waals surface area contributed by atoms with Crippen LogP contribution in [-0.4, -0.2) is 37.1 Å². The Hall–Kier alpha value is -0.270. The van der Waals surface area contributed by atoms with E-state index in [1.165, 1.54) is 0 Å². The lowest BCUT2D eigenvalue weighted by atomic mass is 9.81. The van der Waals surface area contributed by atoms with Crippen LogP contribution in [-0.2, 0) is 10.0 Å². The summed E-state index contributed by atoms with van der Waals surface area (Å²) >= 11 is 0. The fourth-order valence-electron chi connectivity index (χ4n) is 2.65. The van der Waals surface area contributed by atoms with E-state index in [4.69, 9.17) is 5.73 Å². The number of hydrogen-bond acceptors (Lipinski definition) is 3. The van der Waals surface area contributed by atoms with Gasteiger partial charge in [0.05, 0.1) is 0 Å². The molecule has 0 heterocycles. The predicted molar refractivity (Wildman–Crippen MR) is 62.2 cm³/mol. The number of halogens is 2. The van der Waals surface area contributed by atoms with Gasteiger partial charge in [0.15, 0.2) is 0 Å². The Bertz CT molecular complexity index is 340. The SMILES string of the molecule is CCN(C1(CN)CCCCC1)S(=O)(=O)C(F)F. The third-order valence-electron chi connectivity index (χ3n) is 3.51. The van der Waals surface area contributed by atoms with E-state index in [-0.39, 0.29) is 13.1 Å². The Kier molecular flexibility index (Phi) is 4.86. The molecular weight excluding hydrogens is 250 g/mol. The number of nitrogens with zero attached hydrogens (tertiary/aromatic N) is 1. The van der Waals surface area contributed by atoms with Crippen LogP contribution in [0.5, 0.6) is 0 Å². The molecule has 1 saturated carbocycles. The molecule has 0 saturated heterocycles. The van der Waals surface area contributed by atoms with Crippen molar-refractivity contribution in [1.29, 1.82) is 0 Å². The average Bonchev–Trinajstić information content (AvgIpc) is 2.30. The summed E-state index contributed by atoms with van der Waals surface area (Å²) in [7, 11) is -4.54. The number of hydrogen-bond donors (Lipinski definition) is 1. The molecule has 0 unspecified atom stereocenters. The first kappa shape index (κ1) is 14.8. The fourth-order valence-corrected chi connectivity index (χ4v) is 4.00. The van der Waals surface area contributed by atoms with Gasteiger partial charge in [0, 0.05) is 18.6 Å². The van der Waals surface area contributed by atoms with Gasteiger partial charge in [-0.15, -0.1) is 0 Å². The molecule has 4 nitrogen and oxygen atoms in total. The molecule has 7 heteroatoms. The van der Waals surface area contributed by atoms with Crippen LogP contribution in [0.15, 0.2) is 0 Å². The third-order valence-corrected chi connectivity index (χ3v) is 5.22. The molecular formula is C10H20F2N2O2S. The minimum absolute atomic E-state index is 0.0455. The Labute approximate surface area is 101 Å². The molecule has 17 heavy (non-hydrogen) atoms. The summed E-state index contributed by atoms with van der Waals surface area (Å²) in [5, 5.41) is 0. The van der Waals surface area contributed by atoms with E-state index < -0.39 is 21.3 Å². The fraction of sp³-hybridized carbons (Fsp3) is 1.00. The zero-order valence-corrected chi connectivity index (χ0v) is 10.8. The van der Waals surface area contributed by atoms with E-state index in [0.29, 0.717) is 12.8 Å². The maximum absolute atomic E-state index is 12.6. The van der Waals surface area contributed by atoms with Gasteiger partial charge >= 0.3 is 5.76 Å². The van der Waals surface area contributed by atoms with Crippen molar-refractivity contribution in [1.82, 2.24) is 4.31 Å². The topological polar surface area (TPSA) is 63.4 Å². The van der Waals surface area contributed by atoms with Crippen LogP contribution >= 0.6 is 0 Å². The van der Waals surface area contributed by atoms with Crippen molar-refractivity contribution in [2.75, 3.05) is 13.1 Å². The highest BCUT2D eigenvalue weighted by molar-refractivity contribution is 7.89. The molecule has 0 amide bonds. The quantitative estimate of drug-likeness (QED) is 0.824. The van der Waals surface area contributed by atoms with Gasteiger partial charge in [0.25, 0.3) is 10.0 Å². The molecule has 0 atom stereocenters. The second-order valence-corrected chi connectivity index (χ2v) is 6.29. The van der Waals surface area contributed by atoms with Crippen LogP contribution in [0.4, 0.5) is 8.78 Å². The summed E-state index contributed by atoms with van der Waals surface area (Å²) in [6.45, 7) is 1.72. The number of sulfonamides is 1. The monoisotopic (exact) mass is 270 g/mol. The second-order valence-electron chi connectivity index (χ2n) is 4.46. The lowest BCUT2D eigenvalue weighted by Gasteiger charge is -2.44. The van der Waals surface area contributed by atoms with E-state index >= 15 is 0 Å². The molecule has 0 spiro atoms. The number of nitrogens with two attached hydrogens (primary N) is 1. The predicted octanol–water partition coefficient (Wildman–Crippen LogP) is 1.52. The minimum atomic E-state index is -4.54. The molecule has 0 aliphatic heterocycles. The molecule has 1 aliphatic rings. The highest BCUT2D eigenvalue weighted by Gasteiger charge is 2.45.